The summed E-state index contributed by atoms with van der Waals surface area (Å²) in [5.74, 6) is 0. The van der Waals surface area contributed by atoms with Crippen LogP contribution in [0.3, 0.4) is 0 Å². The average molecular weight is 238 g/mol. The third-order valence-electron chi connectivity index (χ3n) is 0.453. The minimum absolute atomic E-state index is 1.32. The van der Waals surface area contributed by atoms with Crippen molar-refractivity contribution >= 4 is 55.5 Å². The second kappa shape index (κ2) is 3.67. The standard InChI is InChI=1S/C2H2Cl4F2S/c3-1(4)2(5)9(6,7)8/h1-2H. The van der Waals surface area contributed by atoms with Crippen LogP contribution in [0.1, 0.15) is 0 Å². The van der Waals surface area contributed by atoms with E-state index in [4.69, 9.17) is 34.8 Å². The SMILES string of the molecule is FS(F)(Cl)C(Cl)C(Cl)Cl. The summed E-state index contributed by atoms with van der Waals surface area (Å²) >= 11 is 15.0. The van der Waals surface area contributed by atoms with Crippen LogP contribution in [-0.4, -0.2) is 9.55 Å². The van der Waals surface area contributed by atoms with Crippen LogP contribution >= 0.6 is 55.5 Å². The van der Waals surface area contributed by atoms with Crippen molar-refractivity contribution in [1.82, 2.24) is 0 Å². The molecule has 0 aromatic rings. The van der Waals surface area contributed by atoms with Crippen molar-refractivity contribution < 1.29 is 7.77 Å². The first kappa shape index (κ1) is 10.4. The fourth-order valence-electron chi connectivity index (χ4n) is 0.117. The molecular weight excluding hydrogens is 236 g/mol. The van der Waals surface area contributed by atoms with E-state index in [1.807, 2.05) is 0 Å². The third-order valence-corrected chi connectivity index (χ3v) is 4.07. The molecule has 0 saturated carbocycles. The predicted molar refractivity (Wildman–Crippen MR) is 40.8 cm³/mol. The Kier molecular flexibility index (Phi) is 4.23. The Morgan fingerprint density at radius 1 is 1.11 bits per heavy atom. The largest absolute Gasteiger partial charge is 0.160 e. The maximum atomic E-state index is 11.9. The molecule has 0 aliphatic rings. The van der Waals surface area contributed by atoms with Gasteiger partial charge in [0.25, 0.3) is 0 Å². The molecule has 7 heteroatoms. The fourth-order valence-corrected chi connectivity index (χ4v) is 1.75. The highest BCUT2D eigenvalue weighted by Gasteiger charge is 2.35. The van der Waals surface area contributed by atoms with Gasteiger partial charge in [-0.3, -0.25) is 0 Å². The highest BCUT2D eigenvalue weighted by Crippen LogP contribution is 2.64. The zero-order valence-corrected chi connectivity index (χ0v) is 7.67. The van der Waals surface area contributed by atoms with E-state index < -0.39 is 19.6 Å². The molecule has 0 aromatic carbocycles. The molecule has 0 spiro atoms. The molecular formula is C2H2Cl4F2S. The lowest BCUT2D eigenvalue weighted by Gasteiger charge is -2.18. The molecule has 0 N–H and O–H groups in total. The van der Waals surface area contributed by atoms with Crippen molar-refractivity contribution in [3.63, 3.8) is 0 Å². The van der Waals surface area contributed by atoms with E-state index in [0.29, 0.717) is 0 Å². The summed E-state index contributed by atoms with van der Waals surface area (Å²) in [7, 11) is 0.199. The molecule has 0 aromatic heterocycles. The smallest absolute Gasteiger partial charge is 0.140 e. The van der Waals surface area contributed by atoms with Crippen molar-refractivity contribution in [3.8, 4) is 0 Å². The van der Waals surface area contributed by atoms with E-state index in [9.17, 15) is 7.77 Å². The van der Waals surface area contributed by atoms with Crippen molar-refractivity contribution in [1.29, 1.82) is 0 Å². The first-order valence-corrected chi connectivity index (χ1v) is 5.32. The van der Waals surface area contributed by atoms with E-state index in [0.717, 1.165) is 0 Å². The lowest BCUT2D eigenvalue weighted by molar-refractivity contribution is 0.762. The summed E-state index contributed by atoms with van der Waals surface area (Å²) in [6.07, 6.45) is 0. The molecule has 0 saturated heterocycles. The zero-order valence-electron chi connectivity index (χ0n) is 3.83. The predicted octanol–water partition coefficient (Wildman–Crippen LogP) is 4.08. The lowest BCUT2D eigenvalue weighted by Crippen LogP contribution is -2.08. The molecule has 0 nitrogen and oxygen atoms in total. The third kappa shape index (κ3) is 3.94. The van der Waals surface area contributed by atoms with Crippen LogP contribution in [0.25, 0.3) is 0 Å². The summed E-state index contributed by atoms with van der Waals surface area (Å²) < 4.78 is 22.2. The number of hydrogen-bond donors (Lipinski definition) is 0. The number of halogens is 6. The highest BCUT2D eigenvalue weighted by atomic mass is 35.7. The van der Waals surface area contributed by atoms with E-state index >= 15 is 0 Å². The topological polar surface area (TPSA) is 0 Å². The van der Waals surface area contributed by atoms with Crippen molar-refractivity contribution in [2.24, 2.45) is 0 Å². The van der Waals surface area contributed by atoms with E-state index in [2.05, 4.69) is 10.7 Å². The summed E-state index contributed by atoms with van der Waals surface area (Å²) in [5.41, 5.74) is 0. The van der Waals surface area contributed by atoms with Gasteiger partial charge in [0.15, 0.2) is 14.7 Å². The Morgan fingerprint density at radius 3 is 1.44 bits per heavy atom. The minimum atomic E-state index is -4.33. The van der Waals surface area contributed by atoms with Gasteiger partial charge < -0.3 is 0 Å². The van der Waals surface area contributed by atoms with Crippen molar-refractivity contribution in [2.75, 3.05) is 0 Å². The highest BCUT2D eigenvalue weighted by molar-refractivity contribution is 8.45. The summed E-state index contributed by atoms with van der Waals surface area (Å²) in [6, 6.07) is 0. The monoisotopic (exact) mass is 236 g/mol. The first-order valence-electron chi connectivity index (χ1n) is 1.69. The van der Waals surface area contributed by atoms with Gasteiger partial charge in [0.05, 0.1) is 0 Å². The first-order chi connectivity index (χ1) is 3.85. The van der Waals surface area contributed by atoms with Crippen LogP contribution in [0.5, 0.6) is 0 Å². The van der Waals surface area contributed by atoms with Gasteiger partial charge in [-0.2, -0.15) is 0 Å². The molecule has 9 heavy (non-hydrogen) atoms. The lowest BCUT2D eigenvalue weighted by atomic mass is 10.9. The van der Waals surface area contributed by atoms with Crippen molar-refractivity contribution in [3.05, 3.63) is 0 Å². The Bertz CT molecular complexity index is 91.1. The number of alkyl halides is 3. The molecule has 0 rings (SSSR count). The molecule has 1 atom stereocenters. The Labute approximate surface area is 72.8 Å². The summed E-state index contributed by atoms with van der Waals surface area (Å²) in [5, 5.41) is 0. The van der Waals surface area contributed by atoms with E-state index in [1.54, 1.807) is 0 Å². The Morgan fingerprint density at radius 2 is 1.44 bits per heavy atom. The van der Waals surface area contributed by atoms with Gasteiger partial charge >= 0.3 is 0 Å². The van der Waals surface area contributed by atoms with Gasteiger partial charge in [-0.05, 0) is 10.7 Å². The number of rotatable bonds is 2. The van der Waals surface area contributed by atoms with Gasteiger partial charge in [-0.15, -0.1) is 42.6 Å². The van der Waals surface area contributed by atoms with Crippen LogP contribution in [0, 0.1) is 0 Å². The maximum Gasteiger partial charge on any atom is 0.160 e. The van der Waals surface area contributed by atoms with Gasteiger partial charge in [0.2, 0.25) is 0 Å². The molecule has 0 aliphatic heterocycles. The quantitative estimate of drug-likeness (QED) is 0.635. The van der Waals surface area contributed by atoms with Gasteiger partial charge in [-0.1, -0.05) is 0 Å². The molecule has 0 bridgehead atoms. The zero-order chi connectivity index (χ0) is 7.65. The fraction of sp³-hybridized carbons (Fsp3) is 1.00. The van der Waals surface area contributed by atoms with Crippen LogP contribution in [-0.2, 0) is 0 Å². The van der Waals surface area contributed by atoms with E-state index in [1.165, 1.54) is 0 Å². The van der Waals surface area contributed by atoms with Crippen LogP contribution in [0.15, 0.2) is 0 Å². The number of hydrogen-bond acceptors (Lipinski definition) is 0. The van der Waals surface area contributed by atoms with E-state index in [-0.39, 0.29) is 0 Å². The normalized spacial score (nSPS) is 18.1. The van der Waals surface area contributed by atoms with Gasteiger partial charge in [-0.25, -0.2) is 0 Å². The average Bonchev–Trinajstić information content (AvgIpc) is 1.62. The minimum Gasteiger partial charge on any atom is -0.140 e. The molecule has 0 amide bonds. The van der Waals surface area contributed by atoms with Crippen LogP contribution in [0.4, 0.5) is 7.77 Å². The summed E-state index contributed by atoms with van der Waals surface area (Å²) in [4.78, 5) is -1.32. The Balaban J connectivity index is 3.88. The molecule has 0 aliphatic carbocycles. The molecule has 0 heterocycles. The van der Waals surface area contributed by atoms with Crippen LogP contribution < -0.4 is 0 Å². The molecule has 1 unspecified atom stereocenters. The molecule has 0 radical (unpaired) electrons. The second-order valence-corrected chi connectivity index (χ2v) is 5.65. The molecule has 58 valence electrons. The second-order valence-electron chi connectivity index (χ2n) is 1.13. The maximum absolute atomic E-state index is 11.9. The molecule has 0 fully saturated rings. The van der Waals surface area contributed by atoms with Crippen LogP contribution in [0.2, 0.25) is 0 Å². The van der Waals surface area contributed by atoms with Crippen molar-refractivity contribution in [2.45, 2.75) is 9.55 Å². The summed E-state index contributed by atoms with van der Waals surface area (Å²) in [6.45, 7) is 0. The van der Waals surface area contributed by atoms with Gasteiger partial charge in [0, 0.05) is 0 Å². The Hall–Kier alpha value is 1.37. The van der Waals surface area contributed by atoms with Gasteiger partial charge in [0.1, 0.15) is 4.84 Å².